The van der Waals surface area contributed by atoms with Crippen molar-refractivity contribution in [3.05, 3.63) is 34.9 Å². The molecule has 0 bridgehead atoms. The summed E-state index contributed by atoms with van der Waals surface area (Å²) in [5.41, 5.74) is 0.977. The highest BCUT2D eigenvalue weighted by atomic mass is 35.5. The first-order valence-corrected chi connectivity index (χ1v) is 6.66. The first-order valence-electron chi connectivity index (χ1n) is 6.28. The highest BCUT2D eigenvalue weighted by Crippen LogP contribution is 2.25. The van der Waals surface area contributed by atoms with Gasteiger partial charge in [-0.25, -0.2) is 0 Å². The average molecular weight is 269 g/mol. The maximum atomic E-state index is 12.0. The van der Waals surface area contributed by atoms with Gasteiger partial charge in [0.25, 0.3) is 0 Å². The van der Waals surface area contributed by atoms with Gasteiger partial charge < -0.3 is 10.2 Å². The van der Waals surface area contributed by atoms with Crippen LogP contribution in [-0.2, 0) is 4.79 Å². The molecule has 0 aliphatic carbocycles. The van der Waals surface area contributed by atoms with Gasteiger partial charge in [0.1, 0.15) is 0 Å². The van der Waals surface area contributed by atoms with E-state index in [0.29, 0.717) is 11.6 Å². The topological polar surface area (TPSA) is 32.3 Å². The minimum atomic E-state index is -0.0189. The summed E-state index contributed by atoms with van der Waals surface area (Å²) in [4.78, 5) is 13.7. The van der Waals surface area contributed by atoms with E-state index < -0.39 is 0 Å². The molecule has 1 aromatic carbocycles. The van der Waals surface area contributed by atoms with Crippen LogP contribution in [0.2, 0.25) is 5.02 Å². The molecule has 1 unspecified atom stereocenters. The molecule has 0 aliphatic rings. The zero-order valence-electron chi connectivity index (χ0n) is 11.2. The van der Waals surface area contributed by atoms with Crippen molar-refractivity contribution in [1.82, 2.24) is 10.2 Å². The zero-order chi connectivity index (χ0) is 13.5. The number of benzene rings is 1. The Morgan fingerprint density at radius 2 is 2.11 bits per heavy atom. The third-order valence-corrected chi connectivity index (χ3v) is 3.38. The molecular weight excluding hydrogens is 248 g/mol. The molecule has 0 fully saturated rings. The smallest absolute Gasteiger partial charge is 0.236 e. The Kier molecular flexibility index (Phi) is 6.16. The fourth-order valence-electron chi connectivity index (χ4n) is 1.74. The molecule has 1 N–H and O–H groups in total. The van der Waals surface area contributed by atoms with Crippen molar-refractivity contribution in [1.29, 1.82) is 0 Å². The summed E-state index contributed by atoms with van der Waals surface area (Å²) in [6.07, 6.45) is 1.02. The van der Waals surface area contributed by atoms with Gasteiger partial charge in [0.2, 0.25) is 5.91 Å². The second-order valence-corrected chi connectivity index (χ2v) is 4.79. The summed E-state index contributed by atoms with van der Waals surface area (Å²) in [5.74, 6) is 0.0795. The highest BCUT2D eigenvalue weighted by Gasteiger charge is 2.18. The lowest BCUT2D eigenvalue weighted by atomic mass is 10.1. The summed E-state index contributed by atoms with van der Waals surface area (Å²) >= 11 is 6.14. The summed E-state index contributed by atoms with van der Waals surface area (Å²) < 4.78 is 0. The van der Waals surface area contributed by atoms with Gasteiger partial charge in [0, 0.05) is 12.1 Å². The molecule has 0 spiro atoms. The van der Waals surface area contributed by atoms with Crippen LogP contribution in [0.1, 0.15) is 31.9 Å². The number of carbonyl (C=O) groups is 1. The Balaban J connectivity index is 2.63. The van der Waals surface area contributed by atoms with E-state index in [9.17, 15) is 4.79 Å². The molecule has 3 nitrogen and oxygen atoms in total. The first-order chi connectivity index (χ1) is 8.57. The summed E-state index contributed by atoms with van der Waals surface area (Å²) in [5, 5.41) is 3.81. The van der Waals surface area contributed by atoms with Gasteiger partial charge in [-0.1, -0.05) is 36.7 Å². The molecule has 0 saturated carbocycles. The normalized spacial score (nSPS) is 12.2. The van der Waals surface area contributed by atoms with E-state index in [4.69, 9.17) is 11.6 Å². The third kappa shape index (κ3) is 4.00. The first kappa shape index (κ1) is 15.0. The lowest BCUT2D eigenvalue weighted by Crippen LogP contribution is -2.37. The molecule has 0 aromatic heterocycles. The van der Waals surface area contributed by atoms with Crippen molar-refractivity contribution in [2.75, 3.05) is 20.1 Å². The van der Waals surface area contributed by atoms with Crippen LogP contribution < -0.4 is 5.32 Å². The van der Waals surface area contributed by atoms with E-state index in [1.807, 2.05) is 38.2 Å². The SMILES string of the molecule is CCCNCC(=O)N(C)C(C)c1ccccc1Cl. The van der Waals surface area contributed by atoms with Crippen LogP contribution in [0.5, 0.6) is 0 Å². The number of halogens is 1. The van der Waals surface area contributed by atoms with Crippen molar-refractivity contribution >= 4 is 17.5 Å². The molecule has 1 aromatic rings. The van der Waals surface area contributed by atoms with Crippen LogP contribution in [-0.4, -0.2) is 30.9 Å². The van der Waals surface area contributed by atoms with Gasteiger partial charge in [0.05, 0.1) is 12.6 Å². The van der Waals surface area contributed by atoms with Crippen molar-refractivity contribution in [3.8, 4) is 0 Å². The number of rotatable bonds is 6. The van der Waals surface area contributed by atoms with Crippen LogP contribution in [0.3, 0.4) is 0 Å². The van der Waals surface area contributed by atoms with Gasteiger partial charge in [-0.2, -0.15) is 0 Å². The maximum absolute atomic E-state index is 12.0. The molecule has 100 valence electrons. The van der Waals surface area contributed by atoms with E-state index in [-0.39, 0.29) is 11.9 Å². The summed E-state index contributed by atoms with van der Waals surface area (Å²) in [6.45, 7) is 5.30. The molecule has 18 heavy (non-hydrogen) atoms. The highest BCUT2D eigenvalue weighted by molar-refractivity contribution is 6.31. The lowest BCUT2D eigenvalue weighted by molar-refractivity contribution is -0.130. The van der Waals surface area contributed by atoms with Crippen molar-refractivity contribution in [2.45, 2.75) is 26.3 Å². The van der Waals surface area contributed by atoms with Crippen LogP contribution in [0.4, 0.5) is 0 Å². The van der Waals surface area contributed by atoms with Gasteiger partial charge >= 0.3 is 0 Å². The van der Waals surface area contributed by atoms with Gasteiger partial charge in [-0.15, -0.1) is 0 Å². The summed E-state index contributed by atoms with van der Waals surface area (Å²) in [6, 6.07) is 7.61. The molecule has 1 amide bonds. The Morgan fingerprint density at radius 3 is 2.72 bits per heavy atom. The molecule has 0 radical (unpaired) electrons. The monoisotopic (exact) mass is 268 g/mol. The zero-order valence-corrected chi connectivity index (χ0v) is 12.0. The second-order valence-electron chi connectivity index (χ2n) is 4.38. The Morgan fingerprint density at radius 1 is 1.44 bits per heavy atom. The van der Waals surface area contributed by atoms with E-state index in [2.05, 4.69) is 12.2 Å². The molecule has 1 rings (SSSR count). The number of amides is 1. The van der Waals surface area contributed by atoms with Crippen LogP contribution >= 0.6 is 11.6 Å². The van der Waals surface area contributed by atoms with Crippen molar-refractivity contribution in [3.63, 3.8) is 0 Å². The minimum Gasteiger partial charge on any atom is -0.338 e. The second kappa shape index (κ2) is 7.39. The molecule has 0 aliphatic heterocycles. The van der Waals surface area contributed by atoms with Crippen LogP contribution in [0, 0.1) is 0 Å². The van der Waals surface area contributed by atoms with E-state index in [1.165, 1.54) is 0 Å². The van der Waals surface area contributed by atoms with Gasteiger partial charge in [0.15, 0.2) is 0 Å². The number of likely N-dealkylation sites (N-methyl/N-ethyl adjacent to an activating group) is 1. The Bertz CT molecular complexity index is 395. The van der Waals surface area contributed by atoms with Crippen LogP contribution in [0.25, 0.3) is 0 Å². The lowest BCUT2D eigenvalue weighted by Gasteiger charge is -2.26. The predicted octanol–water partition coefficient (Wildman–Crippen LogP) is 2.86. The Hall–Kier alpha value is -1.06. The fraction of sp³-hybridized carbons (Fsp3) is 0.500. The van der Waals surface area contributed by atoms with E-state index in [1.54, 1.807) is 4.90 Å². The van der Waals surface area contributed by atoms with Crippen molar-refractivity contribution < 1.29 is 4.79 Å². The van der Waals surface area contributed by atoms with Crippen LogP contribution in [0.15, 0.2) is 24.3 Å². The van der Waals surface area contributed by atoms with Gasteiger partial charge in [-0.05, 0) is 31.5 Å². The van der Waals surface area contributed by atoms with Gasteiger partial charge in [-0.3, -0.25) is 4.79 Å². The number of nitrogens with zero attached hydrogens (tertiary/aromatic N) is 1. The standard InChI is InChI=1S/C14H21ClN2O/c1-4-9-16-10-14(18)17(3)11(2)12-7-5-6-8-13(12)15/h5-8,11,16H,4,9-10H2,1-3H3. The number of hydrogen-bond donors (Lipinski definition) is 1. The third-order valence-electron chi connectivity index (χ3n) is 3.03. The predicted molar refractivity (Wildman–Crippen MR) is 75.8 cm³/mol. The quantitative estimate of drug-likeness (QED) is 0.805. The minimum absolute atomic E-state index is 0.0189. The number of hydrogen-bond acceptors (Lipinski definition) is 2. The fourth-order valence-corrected chi connectivity index (χ4v) is 2.03. The molecule has 0 saturated heterocycles. The number of nitrogens with one attached hydrogen (secondary N) is 1. The molecular formula is C14H21ClN2O. The Labute approximate surface area is 114 Å². The summed E-state index contributed by atoms with van der Waals surface area (Å²) in [7, 11) is 1.81. The average Bonchev–Trinajstić information content (AvgIpc) is 2.38. The van der Waals surface area contributed by atoms with E-state index >= 15 is 0 Å². The van der Waals surface area contributed by atoms with E-state index in [0.717, 1.165) is 18.5 Å². The number of carbonyl (C=O) groups excluding carboxylic acids is 1. The van der Waals surface area contributed by atoms with Crippen molar-refractivity contribution in [2.24, 2.45) is 0 Å². The molecule has 1 atom stereocenters. The maximum Gasteiger partial charge on any atom is 0.236 e. The molecule has 4 heteroatoms. The molecule has 0 heterocycles. The largest absolute Gasteiger partial charge is 0.338 e.